The van der Waals surface area contributed by atoms with Gasteiger partial charge in [0.15, 0.2) is 16.8 Å². The van der Waals surface area contributed by atoms with Crippen molar-refractivity contribution >= 4 is 29.7 Å². The fraction of sp³-hybridized carbons (Fsp3) is 0.474. The number of halogens is 2. The van der Waals surface area contributed by atoms with Crippen molar-refractivity contribution in [3.8, 4) is 5.88 Å². The zero-order valence-electron chi connectivity index (χ0n) is 16.7. The van der Waals surface area contributed by atoms with Crippen molar-refractivity contribution in [2.75, 3.05) is 24.9 Å². The second-order valence-corrected chi connectivity index (χ2v) is 8.34. The van der Waals surface area contributed by atoms with Crippen LogP contribution in [0.3, 0.4) is 0 Å². The Hall–Kier alpha value is -1.62. The van der Waals surface area contributed by atoms with E-state index in [-0.39, 0.29) is 17.9 Å². The summed E-state index contributed by atoms with van der Waals surface area (Å²) in [6.07, 6.45) is 1.75. The summed E-state index contributed by atoms with van der Waals surface area (Å²) in [5.74, 6) is -0.760. The summed E-state index contributed by atoms with van der Waals surface area (Å²) in [4.78, 5) is 8.73. The molecule has 0 aliphatic rings. The molecule has 6 nitrogen and oxygen atoms in total. The van der Waals surface area contributed by atoms with Crippen molar-refractivity contribution < 1.29 is 18.6 Å². The zero-order valence-corrected chi connectivity index (χ0v) is 18.3. The minimum Gasteiger partial charge on any atom is -0.472 e. The van der Waals surface area contributed by atoms with Crippen molar-refractivity contribution in [3.05, 3.63) is 41.5 Å². The highest BCUT2D eigenvalue weighted by Crippen LogP contribution is 2.27. The Balaban J connectivity index is 2.12. The molecular formula is C19H26F2N4O2S2. The topological polar surface area (TPSA) is 70.5 Å². The Bertz CT molecular complexity index is 786. The number of rotatable bonds is 12. The highest BCUT2D eigenvalue weighted by atomic mass is 32.2. The van der Waals surface area contributed by atoms with E-state index in [1.54, 1.807) is 13.0 Å². The van der Waals surface area contributed by atoms with E-state index in [1.807, 2.05) is 7.05 Å². The molecule has 1 aromatic heterocycles. The van der Waals surface area contributed by atoms with Gasteiger partial charge in [0.1, 0.15) is 11.9 Å². The van der Waals surface area contributed by atoms with Crippen LogP contribution in [-0.2, 0) is 5.75 Å². The van der Waals surface area contributed by atoms with Crippen LogP contribution in [0.2, 0.25) is 0 Å². The number of thioether (sulfide) groups is 1. The van der Waals surface area contributed by atoms with Crippen LogP contribution in [0.25, 0.3) is 0 Å². The fourth-order valence-corrected chi connectivity index (χ4v) is 3.58. The average Bonchev–Trinajstić information content (AvgIpc) is 2.71. The summed E-state index contributed by atoms with van der Waals surface area (Å²) < 4.78 is 38.1. The maximum atomic E-state index is 13.9. The summed E-state index contributed by atoms with van der Waals surface area (Å²) in [7, 11) is 1.97. The molecule has 0 bridgehead atoms. The van der Waals surface area contributed by atoms with E-state index in [2.05, 4.69) is 25.9 Å². The van der Waals surface area contributed by atoms with Gasteiger partial charge in [-0.1, -0.05) is 37.2 Å². The number of benzene rings is 1. The second-order valence-electron chi connectivity index (χ2n) is 6.39. The lowest BCUT2D eigenvalue weighted by Gasteiger charge is -2.17. The molecule has 0 radical (unpaired) electrons. The van der Waals surface area contributed by atoms with Gasteiger partial charge in [-0.2, -0.15) is 4.98 Å². The molecule has 10 heteroatoms. The minimum atomic E-state index is -0.883. The molecule has 2 N–H and O–H groups in total. The minimum absolute atomic E-state index is 0.155. The summed E-state index contributed by atoms with van der Waals surface area (Å²) in [5.41, 5.74) is 0.233. The number of hydrogen-bond donors (Lipinski definition) is 2. The fourth-order valence-electron chi connectivity index (χ4n) is 2.18. The molecule has 2 aromatic rings. The number of aliphatic hydroxyl groups excluding tert-OH is 1. The van der Waals surface area contributed by atoms with Crippen molar-refractivity contribution in [2.24, 2.45) is 0 Å². The maximum Gasteiger partial charge on any atom is 0.219 e. The van der Waals surface area contributed by atoms with E-state index in [4.69, 9.17) is 4.74 Å². The molecule has 0 aliphatic carbocycles. The molecular weight excluding hydrogens is 418 g/mol. The lowest BCUT2D eigenvalue weighted by Crippen LogP contribution is -2.17. The van der Waals surface area contributed by atoms with Gasteiger partial charge in [-0.05, 0) is 26.5 Å². The Morgan fingerprint density at radius 3 is 2.83 bits per heavy atom. The van der Waals surface area contributed by atoms with Gasteiger partial charge >= 0.3 is 0 Å². The first kappa shape index (κ1) is 23.7. The first-order chi connectivity index (χ1) is 13.9. The molecule has 1 aromatic carbocycles. The van der Waals surface area contributed by atoms with Gasteiger partial charge in [-0.15, -0.1) is 0 Å². The zero-order chi connectivity index (χ0) is 21.2. The van der Waals surface area contributed by atoms with Gasteiger partial charge in [0.2, 0.25) is 5.88 Å². The van der Waals surface area contributed by atoms with Crippen LogP contribution in [0.15, 0.2) is 29.4 Å². The van der Waals surface area contributed by atoms with Gasteiger partial charge in [-0.3, -0.25) is 0 Å². The molecule has 0 fully saturated rings. The van der Waals surface area contributed by atoms with Gasteiger partial charge in [0.25, 0.3) is 0 Å². The van der Waals surface area contributed by atoms with Crippen molar-refractivity contribution in [3.63, 3.8) is 0 Å². The van der Waals surface area contributed by atoms with E-state index in [9.17, 15) is 13.9 Å². The number of anilines is 1. The van der Waals surface area contributed by atoms with E-state index in [0.29, 0.717) is 16.9 Å². The van der Waals surface area contributed by atoms with Crippen molar-refractivity contribution in [2.45, 2.75) is 43.7 Å². The number of ether oxygens (including phenoxy) is 1. The summed E-state index contributed by atoms with van der Waals surface area (Å²) in [5, 5.41) is 9.58. The van der Waals surface area contributed by atoms with E-state index < -0.39 is 17.7 Å². The quantitative estimate of drug-likeness (QED) is 0.281. The number of unbranched alkanes of at least 4 members (excludes halogenated alkanes) is 1. The summed E-state index contributed by atoms with van der Waals surface area (Å²) in [6, 6.07) is 5.71. The standard InChI is InChI=1S/C19H26F2N4O2S2/c1-4-5-9-25(3)29-24-16-10-17(27-13(2)11-26)23-19(22-16)28-12-14-7-6-8-15(20)18(14)21/h6-8,10,13,26H,4-5,9,11-12H2,1-3H3,(H,22,23,24)/t13-/m1/s1. The van der Waals surface area contributed by atoms with E-state index in [0.717, 1.165) is 25.5 Å². The Labute approximate surface area is 178 Å². The van der Waals surface area contributed by atoms with E-state index >= 15 is 0 Å². The highest BCUT2D eigenvalue weighted by Gasteiger charge is 2.13. The SMILES string of the molecule is CCCCN(C)SNc1cc(O[C@H](C)CO)nc(SCc2cccc(F)c2F)n1. The number of aliphatic hydroxyl groups is 1. The van der Waals surface area contributed by atoms with Crippen LogP contribution < -0.4 is 9.46 Å². The molecule has 1 heterocycles. The molecule has 0 aliphatic heterocycles. The monoisotopic (exact) mass is 444 g/mol. The number of nitrogens with zero attached hydrogens (tertiary/aromatic N) is 3. The average molecular weight is 445 g/mol. The first-order valence-corrected chi connectivity index (χ1v) is 11.0. The highest BCUT2D eigenvalue weighted by molar-refractivity contribution is 7.98. The smallest absolute Gasteiger partial charge is 0.219 e. The molecule has 0 spiro atoms. The van der Waals surface area contributed by atoms with Gasteiger partial charge < -0.3 is 14.6 Å². The third-order valence-corrected chi connectivity index (χ3v) is 5.47. The molecule has 0 unspecified atom stereocenters. The van der Waals surface area contributed by atoms with Crippen molar-refractivity contribution in [1.82, 2.24) is 14.3 Å². The number of aromatic nitrogens is 2. The first-order valence-electron chi connectivity index (χ1n) is 9.29. The second kappa shape index (κ2) is 12.2. The summed E-state index contributed by atoms with van der Waals surface area (Å²) >= 11 is 2.57. The predicted molar refractivity (Wildman–Crippen MR) is 114 cm³/mol. The van der Waals surface area contributed by atoms with Crippen LogP contribution in [-0.4, -0.2) is 45.7 Å². The van der Waals surface area contributed by atoms with E-state index in [1.165, 1.54) is 36.0 Å². The van der Waals surface area contributed by atoms with Crippen LogP contribution in [0.1, 0.15) is 32.3 Å². The Morgan fingerprint density at radius 1 is 1.31 bits per heavy atom. The number of hydrogen-bond acceptors (Lipinski definition) is 8. The van der Waals surface area contributed by atoms with Gasteiger partial charge in [0.05, 0.1) is 6.61 Å². The van der Waals surface area contributed by atoms with Crippen LogP contribution in [0.5, 0.6) is 5.88 Å². The normalized spacial score (nSPS) is 12.2. The lowest BCUT2D eigenvalue weighted by molar-refractivity contribution is 0.124. The molecule has 0 amide bonds. The molecule has 1 atom stereocenters. The van der Waals surface area contributed by atoms with Crippen LogP contribution in [0.4, 0.5) is 14.6 Å². The van der Waals surface area contributed by atoms with Crippen LogP contribution >= 0.6 is 23.9 Å². The third-order valence-electron chi connectivity index (χ3n) is 3.78. The number of nitrogens with one attached hydrogen (secondary N) is 1. The molecule has 160 valence electrons. The molecule has 29 heavy (non-hydrogen) atoms. The lowest BCUT2D eigenvalue weighted by atomic mass is 10.2. The Kier molecular flexibility index (Phi) is 9.92. The van der Waals surface area contributed by atoms with Crippen LogP contribution in [0, 0.1) is 11.6 Å². The van der Waals surface area contributed by atoms with Crippen molar-refractivity contribution in [1.29, 1.82) is 0 Å². The maximum absolute atomic E-state index is 13.9. The molecule has 0 saturated heterocycles. The Morgan fingerprint density at radius 2 is 2.10 bits per heavy atom. The largest absolute Gasteiger partial charge is 0.472 e. The van der Waals surface area contributed by atoms with Gasteiger partial charge in [0, 0.05) is 36.1 Å². The third kappa shape index (κ3) is 7.96. The predicted octanol–water partition coefficient (Wildman–Crippen LogP) is 4.51. The summed E-state index contributed by atoms with van der Waals surface area (Å²) in [6.45, 7) is 4.62. The van der Waals surface area contributed by atoms with Gasteiger partial charge in [-0.25, -0.2) is 18.1 Å². The molecule has 0 saturated carbocycles. The molecule has 2 rings (SSSR count).